The van der Waals surface area contributed by atoms with Crippen molar-refractivity contribution < 1.29 is 0 Å². The molecule has 1 aromatic heterocycles. The highest BCUT2D eigenvalue weighted by atomic mass is 15.3. The minimum Gasteiger partial charge on any atom is -0.352 e. The van der Waals surface area contributed by atoms with Crippen LogP contribution in [0.4, 0.5) is 5.82 Å². The summed E-state index contributed by atoms with van der Waals surface area (Å²) in [6.07, 6.45) is 3.34. The van der Waals surface area contributed by atoms with Crippen LogP contribution in [-0.2, 0) is 12.8 Å². The zero-order chi connectivity index (χ0) is 13.7. The van der Waals surface area contributed by atoms with Gasteiger partial charge in [-0.05, 0) is 49.7 Å². The van der Waals surface area contributed by atoms with Gasteiger partial charge in [0.1, 0.15) is 11.9 Å². The van der Waals surface area contributed by atoms with Crippen molar-refractivity contribution in [3.05, 3.63) is 22.9 Å². The second kappa shape index (κ2) is 4.46. The molecular formula is C16H20N4. The number of nitriles is 1. The summed E-state index contributed by atoms with van der Waals surface area (Å²) >= 11 is 0. The molecule has 2 fully saturated rings. The predicted octanol–water partition coefficient (Wildman–Crippen LogP) is 1.49. The molecule has 0 bridgehead atoms. The third-order valence-corrected chi connectivity index (χ3v) is 5.36. The first-order valence-electron chi connectivity index (χ1n) is 7.68. The van der Waals surface area contributed by atoms with Crippen LogP contribution in [0.15, 0.2) is 6.07 Å². The van der Waals surface area contributed by atoms with Crippen molar-refractivity contribution in [2.24, 2.45) is 11.8 Å². The molecule has 2 aliphatic heterocycles. The SMILES string of the molecule is CC1C2CNCC2CN1c1nc2c(cc1C#N)CCC2. The van der Waals surface area contributed by atoms with Gasteiger partial charge in [0.25, 0.3) is 0 Å². The first-order chi connectivity index (χ1) is 9.78. The lowest BCUT2D eigenvalue weighted by atomic mass is 9.95. The highest BCUT2D eigenvalue weighted by molar-refractivity contribution is 5.58. The summed E-state index contributed by atoms with van der Waals surface area (Å²) in [4.78, 5) is 7.25. The van der Waals surface area contributed by atoms with Gasteiger partial charge in [-0.25, -0.2) is 4.98 Å². The van der Waals surface area contributed by atoms with E-state index < -0.39 is 0 Å². The fourth-order valence-electron chi connectivity index (χ4n) is 4.21. The third kappa shape index (κ3) is 1.66. The first kappa shape index (κ1) is 12.2. The van der Waals surface area contributed by atoms with Gasteiger partial charge in [-0.1, -0.05) is 0 Å². The van der Waals surface area contributed by atoms with E-state index in [-0.39, 0.29) is 0 Å². The minimum absolute atomic E-state index is 0.481. The third-order valence-electron chi connectivity index (χ3n) is 5.36. The second-order valence-electron chi connectivity index (χ2n) is 6.41. The van der Waals surface area contributed by atoms with E-state index in [0.717, 1.165) is 43.9 Å². The number of nitrogens with zero attached hydrogens (tertiary/aromatic N) is 3. The molecular weight excluding hydrogens is 248 g/mol. The Balaban J connectivity index is 1.74. The molecule has 20 heavy (non-hydrogen) atoms. The molecule has 4 rings (SSSR count). The summed E-state index contributed by atoms with van der Waals surface area (Å²) in [7, 11) is 0. The van der Waals surface area contributed by atoms with Gasteiger partial charge >= 0.3 is 0 Å². The molecule has 3 unspecified atom stereocenters. The Bertz CT molecular complexity index is 589. The molecule has 4 nitrogen and oxygen atoms in total. The molecule has 0 radical (unpaired) electrons. The average molecular weight is 268 g/mol. The van der Waals surface area contributed by atoms with E-state index in [1.807, 2.05) is 0 Å². The maximum Gasteiger partial charge on any atom is 0.147 e. The Labute approximate surface area is 119 Å². The molecule has 0 saturated carbocycles. The molecule has 1 N–H and O–H groups in total. The van der Waals surface area contributed by atoms with E-state index in [4.69, 9.17) is 4.98 Å². The molecule has 104 valence electrons. The monoisotopic (exact) mass is 268 g/mol. The Morgan fingerprint density at radius 1 is 1.40 bits per heavy atom. The number of rotatable bonds is 1. The van der Waals surface area contributed by atoms with Gasteiger partial charge in [0.2, 0.25) is 0 Å². The fraction of sp³-hybridized carbons (Fsp3) is 0.625. The summed E-state index contributed by atoms with van der Waals surface area (Å²) in [5.41, 5.74) is 3.28. The summed E-state index contributed by atoms with van der Waals surface area (Å²) < 4.78 is 0. The highest BCUT2D eigenvalue weighted by Gasteiger charge is 2.43. The van der Waals surface area contributed by atoms with Crippen molar-refractivity contribution in [1.82, 2.24) is 10.3 Å². The Morgan fingerprint density at radius 2 is 2.30 bits per heavy atom. The number of anilines is 1. The van der Waals surface area contributed by atoms with Gasteiger partial charge in [0.05, 0.1) is 5.56 Å². The topological polar surface area (TPSA) is 52.0 Å². The molecule has 1 aromatic rings. The van der Waals surface area contributed by atoms with Gasteiger partial charge < -0.3 is 10.2 Å². The Hall–Kier alpha value is -1.60. The van der Waals surface area contributed by atoms with Crippen molar-refractivity contribution in [2.75, 3.05) is 24.5 Å². The van der Waals surface area contributed by atoms with Crippen LogP contribution >= 0.6 is 0 Å². The minimum atomic E-state index is 0.481. The number of aryl methyl sites for hydroxylation is 2. The van der Waals surface area contributed by atoms with Crippen LogP contribution in [0.3, 0.4) is 0 Å². The Morgan fingerprint density at radius 3 is 3.10 bits per heavy atom. The van der Waals surface area contributed by atoms with Gasteiger partial charge in [0.15, 0.2) is 0 Å². The van der Waals surface area contributed by atoms with E-state index in [1.165, 1.54) is 17.7 Å². The van der Waals surface area contributed by atoms with Crippen LogP contribution in [0.2, 0.25) is 0 Å². The van der Waals surface area contributed by atoms with Crippen molar-refractivity contribution in [2.45, 2.75) is 32.2 Å². The Kier molecular flexibility index (Phi) is 2.71. The van der Waals surface area contributed by atoms with Gasteiger partial charge in [-0.15, -0.1) is 0 Å². The number of hydrogen-bond acceptors (Lipinski definition) is 4. The van der Waals surface area contributed by atoms with Crippen LogP contribution in [0.1, 0.15) is 30.2 Å². The van der Waals surface area contributed by atoms with Crippen LogP contribution in [0.25, 0.3) is 0 Å². The standard InChI is InChI=1S/C16H20N4/c1-10-14-8-18-7-13(14)9-20(10)16-12(6-17)5-11-3-2-4-15(11)19-16/h5,10,13-14,18H,2-4,7-9H2,1H3. The summed E-state index contributed by atoms with van der Waals surface area (Å²) in [6, 6.07) is 4.94. The van der Waals surface area contributed by atoms with Crippen molar-refractivity contribution in [3.8, 4) is 6.07 Å². The highest BCUT2D eigenvalue weighted by Crippen LogP contribution is 2.37. The molecule has 2 saturated heterocycles. The summed E-state index contributed by atoms with van der Waals surface area (Å²) in [5.74, 6) is 2.36. The van der Waals surface area contributed by atoms with Crippen molar-refractivity contribution >= 4 is 5.82 Å². The number of aromatic nitrogens is 1. The van der Waals surface area contributed by atoms with Crippen molar-refractivity contribution in [1.29, 1.82) is 5.26 Å². The lowest BCUT2D eigenvalue weighted by Gasteiger charge is -2.27. The van der Waals surface area contributed by atoms with Crippen LogP contribution in [-0.4, -0.2) is 30.7 Å². The molecule has 0 amide bonds. The molecule has 3 aliphatic rings. The molecule has 3 heterocycles. The smallest absolute Gasteiger partial charge is 0.147 e. The molecule has 3 atom stereocenters. The number of hydrogen-bond donors (Lipinski definition) is 1. The largest absolute Gasteiger partial charge is 0.352 e. The second-order valence-corrected chi connectivity index (χ2v) is 6.41. The maximum atomic E-state index is 9.47. The van der Waals surface area contributed by atoms with Gasteiger partial charge in [-0.3, -0.25) is 0 Å². The molecule has 1 aliphatic carbocycles. The molecule has 0 aromatic carbocycles. The van der Waals surface area contributed by atoms with Gasteiger partial charge in [-0.2, -0.15) is 5.26 Å². The number of fused-ring (bicyclic) bond motifs is 2. The normalized spacial score (nSPS) is 31.2. The van der Waals surface area contributed by atoms with Crippen molar-refractivity contribution in [3.63, 3.8) is 0 Å². The van der Waals surface area contributed by atoms with Gasteiger partial charge in [0, 0.05) is 31.4 Å². The predicted molar refractivity (Wildman–Crippen MR) is 77.6 cm³/mol. The summed E-state index contributed by atoms with van der Waals surface area (Å²) in [5, 5.41) is 13.0. The quantitative estimate of drug-likeness (QED) is 0.838. The van der Waals surface area contributed by atoms with E-state index in [9.17, 15) is 5.26 Å². The molecule has 4 heteroatoms. The molecule has 0 spiro atoms. The zero-order valence-electron chi connectivity index (χ0n) is 11.9. The maximum absolute atomic E-state index is 9.47. The average Bonchev–Trinajstić information content (AvgIpc) is 3.14. The number of nitrogens with one attached hydrogen (secondary N) is 1. The lowest BCUT2D eigenvalue weighted by Crippen LogP contribution is -2.34. The van der Waals surface area contributed by atoms with Crippen LogP contribution in [0, 0.1) is 23.2 Å². The summed E-state index contributed by atoms with van der Waals surface area (Å²) in [6.45, 7) is 5.54. The lowest BCUT2D eigenvalue weighted by molar-refractivity contribution is 0.471. The van der Waals surface area contributed by atoms with E-state index >= 15 is 0 Å². The van der Waals surface area contributed by atoms with Crippen LogP contribution < -0.4 is 10.2 Å². The van der Waals surface area contributed by atoms with Crippen LogP contribution in [0.5, 0.6) is 0 Å². The first-order valence-corrected chi connectivity index (χ1v) is 7.68. The fourth-order valence-corrected chi connectivity index (χ4v) is 4.21. The van der Waals surface area contributed by atoms with E-state index in [1.54, 1.807) is 0 Å². The van der Waals surface area contributed by atoms with E-state index in [2.05, 4.69) is 29.3 Å². The number of pyridine rings is 1. The van der Waals surface area contributed by atoms with E-state index in [0.29, 0.717) is 17.9 Å². The zero-order valence-corrected chi connectivity index (χ0v) is 11.9.